The van der Waals surface area contributed by atoms with Gasteiger partial charge in [-0.2, -0.15) is 13.2 Å². The van der Waals surface area contributed by atoms with Crippen LogP contribution in [-0.4, -0.2) is 36.3 Å². The lowest BCUT2D eigenvalue weighted by molar-refractivity contribution is -0.137. The molecule has 0 radical (unpaired) electrons. The molecule has 1 heterocycles. The molecule has 0 bridgehead atoms. The number of alkyl halides is 3. The Morgan fingerprint density at radius 2 is 1.85 bits per heavy atom. The zero-order valence-electron chi connectivity index (χ0n) is 14.3. The van der Waals surface area contributed by atoms with Crippen molar-refractivity contribution in [3.63, 3.8) is 0 Å². The van der Waals surface area contributed by atoms with Gasteiger partial charge < -0.3 is 10.6 Å². The van der Waals surface area contributed by atoms with Crippen LogP contribution in [0.5, 0.6) is 0 Å². The molecule has 3 rings (SSSR count). The molecule has 2 N–H and O–H groups in total. The number of carbonyl (C=O) groups is 2. The molecule has 1 aliphatic rings. The average molecular weight is 377 g/mol. The highest BCUT2D eigenvalue weighted by atomic mass is 19.4. The maximum Gasteiger partial charge on any atom is 0.416 e. The van der Waals surface area contributed by atoms with E-state index in [1.54, 1.807) is 35.2 Å². The van der Waals surface area contributed by atoms with Crippen molar-refractivity contribution in [2.75, 3.05) is 25.0 Å². The van der Waals surface area contributed by atoms with E-state index in [0.29, 0.717) is 18.7 Å². The molecule has 2 aromatic rings. The van der Waals surface area contributed by atoms with E-state index in [9.17, 15) is 22.8 Å². The monoisotopic (exact) mass is 377 g/mol. The maximum absolute atomic E-state index is 12.9. The van der Waals surface area contributed by atoms with E-state index in [1.807, 2.05) is 0 Å². The first-order valence-electron chi connectivity index (χ1n) is 8.38. The second-order valence-corrected chi connectivity index (χ2v) is 6.20. The number of benzene rings is 2. The Labute approximate surface area is 154 Å². The first-order chi connectivity index (χ1) is 12.8. The van der Waals surface area contributed by atoms with Gasteiger partial charge in [0.05, 0.1) is 12.1 Å². The molecule has 1 fully saturated rings. The van der Waals surface area contributed by atoms with Crippen molar-refractivity contribution >= 4 is 17.5 Å². The molecule has 0 aliphatic carbocycles. The summed E-state index contributed by atoms with van der Waals surface area (Å²) in [7, 11) is 0. The lowest BCUT2D eigenvalue weighted by atomic mass is 10.0. The number of hydrogen-bond donors (Lipinski definition) is 2. The number of amides is 2. The molecular formula is C19H18F3N3O2. The van der Waals surface area contributed by atoms with Crippen LogP contribution in [0.2, 0.25) is 0 Å². The smallest absolute Gasteiger partial charge is 0.354 e. The van der Waals surface area contributed by atoms with E-state index in [-0.39, 0.29) is 18.1 Å². The lowest BCUT2D eigenvalue weighted by Gasteiger charge is -2.33. The van der Waals surface area contributed by atoms with Crippen molar-refractivity contribution in [3.05, 3.63) is 65.7 Å². The largest absolute Gasteiger partial charge is 0.416 e. The van der Waals surface area contributed by atoms with E-state index in [1.165, 1.54) is 12.1 Å². The predicted molar refractivity (Wildman–Crippen MR) is 93.8 cm³/mol. The fourth-order valence-corrected chi connectivity index (χ4v) is 3.03. The molecule has 5 nitrogen and oxygen atoms in total. The minimum Gasteiger partial charge on any atom is -0.354 e. The number of nitrogens with one attached hydrogen (secondary N) is 2. The number of rotatable bonds is 4. The average Bonchev–Trinajstić information content (AvgIpc) is 2.62. The number of anilines is 1. The molecule has 0 unspecified atom stereocenters. The molecule has 0 saturated carbocycles. The van der Waals surface area contributed by atoms with Crippen molar-refractivity contribution < 1.29 is 22.8 Å². The summed E-state index contributed by atoms with van der Waals surface area (Å²) in [5.41, 5.74) is -0.122. The van der Waals surface area contributed by atoms with Crippen LogP contribution < -0.4 is 10.6 Å². The first kappa shape index (κ1) is 18.9. The molecule has 2 amide bonds. The number of halogens is 3. The van der Waals surface area contributed by atoms with Gasteiger partial charge in [-0.05, 0) is 23.8 Å². The topological polar surface area (TPSA) is 61.4 Å². The molecule has 0 aromatic heterocycles. The van der Waals surface area contributed by atoms with Crippen molar-refractivity contribution in [1.82, 2.24) is 10.2 Å². The van der Waals surface area contributed by atoms with Gasteiger partial charge in [0.15, 0.2) is 0 Å². The Morgan fingerprint density at radius 1 is 1.11 bits per heavy atom. The van der Waals surface area contributed by atoms with Crippen molar-refractivity contribution in [1.29, 1.82) is 0 Å². The second kappa shape index (κ2) is 7.79. The predicted octanol–water partition coefficient (Wildman–Crippen LogP) is 2.82. The maximum atomic E-state index is 12.9. The fraction of sp³-hybridized carbons (Fsp3) is 0.263. The van der Waals surface area contributed by atoms with Crippen LogP contribution in [0, 0.1) is 0 Å². The normalized spacial score (nSPS) is 16.5. The van der Waals surface area contributed by atoms with E-state index in [4.69, 9.17) is 0 Å². The SMILES string of the molecule is O=C1CN([C@H](C(=O)Nc2cccc(C(F)(F)F)c2)c2ccccc2)CCN1. The minimum absolute atomic E-state index is 0.0373. The van der Waals surface area contributed by atoms with Gasteiger partial charge in [0.1, 0.15) is 6.04 Å². The van der Waals surface area contributed by atoms with Gasteiger partial charge in [0, 0.05) is 18.8 Å². The summed E-state index contributed by atoms with van der Waals surface area (Å²) >= 11 is 0. The van der Waals surface area contributed by atoms with Crippen LogP contribution >= 0.6 is 0 Å². The molecule has 0 spiro atoms. The quantitative estimate of drug-likeness (QED) is 0.861. The standard InChI is InChI=1S/C19H18F3N3O2/c20-19(21,22)14-7-4-8-15(11-14)24-18(27)17(13-5-2-1-3-6-13)25-10-9-23-16(26)12-25/h1-8,11,17H,9-10,12H2,(H,23,26)(H,24,27)/t17-/m0/s1. The molecule has 142 valence electrons. The molecule has 1 atom stereocenters. The third-order valence-electron chi connectivity index (χ3n) is 4.25. The summed E-state index contributed by atoms with van der Waals surface area (Å²) in [6.07, 6.45) is -4.50. The molecule has 1 aliphatic heterocycles. The number of nitrogens with zero attached hydrogens (tertiary/aromatic N) is 1. The Balaban J connectivity index is 1.86. The Hall–Kier alpha value is -2.87. The third kappa shape index (κ3) is 4.65. The number of piperazine rings is 1. The van der Waals surface area contributed by atoms with Gasteiger partial charge in [0.25, 0.3) is 0 Å². The van der Waals surface area contributed by atoms with Gasteiger partial charge in [0.2, 0.25) is 11.8 Å². The highest BCUT2D eigenvalue weighted by Gasteiger charge is 2.33. The Bertz CT molecular complexity index is 824. The van der Waals surface area contributed by atoms with Crippen LogP contribution in [0.3, 0.4) is 0 Å². The van der Waals surface area contributed by atoms with Crippen molar-refractivity contribution in [2.45, 2.75) is 12.2 Å². The third-order valence-corrected chi connectivity index (χ3v) is 4.25. The van der Waals surface area contributed by atoms with E-state index in [2.05, 4.69) is 10.6 Å². The summed E-state index contributed by atoms with van der Waals surface area (Å²) in [6, 6.07) is 12.5. The summed E-state index contributed by atoms with van der Waals surface area (Å²) < 4.78 is 38.7. The van der Waals surface area contributed by atoms with E-state index in [0.717, 1.165) is 12.1 Å². The van der Waals surface area contributed by atoms with Gasteiger partial charge in [-0.15, -0.1) is 0 Å². The number of hydrogen-bond acceptors (Lipinski definition) is 3. The highest BCUT2D eigenvalue weighted by Crippen LogP contribution is 2.31. The van der Waals surface area contributed by atoms with Crippen LogP contribution in [0.15, 0.2) is 54.6 Å². The van der Waals surface area contributed by atoms with Crippen LogP contribution in [0.25, 0.3) is 0 Å². The fourth-order valence-electron chi connectivity index (χ4n) is 3.03. The zero-order chi connectivity index (χ0) is 19.4. The van der Waals surface area contributed by atoms with Gasteiger partial charge in [-0.25, -0.2) is 0 Å². The van der Waals surface area contributed by atoms with E-state index < -0.39 is 23.7 Å². The summed E-state index contributed by atoms with van der Waals surface area (Å²) in [6.45, 7) is 0.899. The molecule has 27 heavy (non-hydrogen) atoms. The molecule has 2 aromatic carbocycles. The van der Waals surface area contributed by atoms with Crippen LogP contribution in [0.4, 0.5) is 18.9 Å². The van der Waals surface area contributed by atoms with E-state index >= 15 is 0 Å². The molecule has 1 saturated heterocycles. The zero-order valence-corrected chi connectivity index (χ0v) is 14.3. The Kier molecular flexibility index (Phi) is 5.46. The van der Waals surface area contributed by atoms with Gasteiger partial charge >= 0.3 is 6.18 Å². The van der Waals surface area contributed by atoms with Crippen molar-refractivity contribution in [3.8, 4) is 0 Å². The van der Waals surface area contributed by atoms with Gasteiger partial charge in [-0.3, -0.25) is 14.5 Å². The summed E-state index contributed by atoms with van der Waals surface area (Å²) in [4.78, 5) is 26.4. The molecule has 8 heteroatoms. The lowest BCUT2D eigenvalue weighted by Crippen LogP contribution is -2.51. The highest BCUT2D eigenvalue weighted by molar-refractivity contribution is 5.96. The van der Waals surface area contributed by atoms with Gasteiger partial charge in [-0.1, -0.05) is 36.4 Å². The summed E-state index contributed by atoms with van der Waals surface area (Å²) in [5, 5.41) is 5.25. The first-order valence-corrected chi connectivity index (χ1v) is 8.38. The van der Waals surface area contributed by atoms with Crippen LogP contribution in [0.1, 0.15) is 17.2 Å². The second-order valence-electron chi connectivity index (χ2n) is 6.20. The molecular weight excluding hydrogens is 359 g/mol. The number of carbonyl (C=O) groups excluding carboxylic acids is 2. The Morgan fingerprint density at radius 3 is 2.52 bits per heavy atom. The minimum atomic E-state index is -4.50. The summed E-state index contributed by atoms with van der Waals surface area (Å²) in [5.74, 6) is -0.690. The van der Waals surface area contributed by atoms with Crippen LogP contribution in [-0.2, 0) is 15.8 Å². The van der Waals surface area contributed by atoms with Crippen molar-refractivity contribution in [2.24, 2.45) is 0 Å².